The van der Waals surface area contributed by atoms with E-state index in [1.165, 1.54) is 0 Å². The van der Waals surface area contributed by atoms with Gasteiger partial charge in [0.05, 0.1) is 0 Å². The van der Waals surface area contributed by atoms with Crippen LogP contribution < -0.4 is 0 Å². The third-order valence-corrected chi connectivity index (χ3v) is 2.14. The molecule has 1 fully saturated rings. The molecule has 1 unspecified atom stereocenters. The van der Waals surface area contributed by atoms with E-state index in [-0.39, 0.29) is 5.91 Å². The third-order valence-electron chi connectivity index (χ3n) is 2.14. The summed E-state index contributed by atoms with van der Waals surface area (Å²) in [4.78, 5) is 17.3. The standard InChI is InChI=1S/C10H16N2O/c1-4-5-9(11-3)12-7-8(2)6-10(12)13/h4-5,8H,6-7H2,1-3H3/b5-4-,11-9?. The number of hydrogen-bond donors (Lipinski definition) is 0. The lowest BCUT2D eigenvalue weighted by molar-refractivity contribution is -0.124. The smallest absolute Gasteiger partial charge is 0.228 e. The summed E-state index contributed by atoms with van der Waals surface area (Å²) in [7, 11) is 1.71. The molecule has 1 amide bonds. The summed E-state index contributed by atoms with van der Waals surface area (Å²) in [5, 5.41) is 0. The number of likely N-dealkylation sites (tertiary alicyclic amines) is 1. The zero-order chi connectivity index (χ0) is 9.84. The lowest BCUT2D eigenvalue weighted by Gasteiger charge is -2.15. The van der Waals surface area contributed by atoms with Gasteiger partial charge in [-0.2, -0.15) is 0 Å². The molecule has 1 saturated heterocycles. The van der Waals surface area contributed by atoms with Gasteiger partial charge in [0.25, 0.3) is 0 Å². The fourth-order valence-electron chi connectivity index (χ4n) is 1.54. The monoisotopic (exact) mass is 180 g/mol. The molecule has 1 heterocycles. The maximum absolute atomic E-state index is 11.5. The molecular formula is C10H16N2O. The molecule has 0 N–H and O–H groups in total. The van der Waals surface area contributed by atoms with Crippen LogP contribution in [0.5, 0.6) is 0 Å². The van der Waals surface area contributed by atoms with E-state index < -0.39 is 0 Å². The van der Waals surface area contributed by atoms with Crippen LogP contribution in [-0.2, 0) is 4.79 Å². The van der Waals surface area contributed by atoms with E-state index in [1.54, 1.807) is 11.9 Å². The van der Waals surface area contributed by atoms with Crippen molar-refractivity contribution in [2.75, 3.05) is 13.6 Å². The van der Waals surface area contributed by atoms with Crippen LogP contribution in [0.3, 0.4) is 0 Å². The number of allylic oxidation sites excluding steroid dienone is 1. The zero-order valence-corrected chi connectivity index (χ0v) is 8.45. The number of amides is 1. The molecule has 0 aromatic rings. The highest BCUT2D eigenvalue weighted by molar-refractivity contribution is 6.05. The van der Waals surface area contributed by atoms with Crippen molar-refractivity contribution < 1.29 is 4.79 Å². The molecule has 0 aromatic carbocycles. The van der Waals surface area contributed by atoms with Gasteiger partial charge >= 0.3 is 0 Å². The number of hydrogen-bond acceptors (Lipinski definition) is 2. The summed E-state index contributed by atoms with van der Waals surface area (Å²) in [6.45, 7) is 4.81. The van der Waals surface area contributed by atoms with Gasteiger partial charge in [0.1, 0.15) is 5.84 Å². The fraction of sp³-hybridized carbons (Fsp3) is 0.600. The molecule has 1 rings (SSSR count). The first-order chi connectivity index (χ1) is 6.19. The molecule has 1 aliphatic heterocycles. The normalized spacial score (nSPS) is 24.8. The fourth-order valence-corrected chi connectivity index (χ4v) is 1.54. The van der Waals surface area contributed by atoms with E-state index in [0.29, 0.717) is 12.3 Å². The van der Waals surface area contributed by atoms with Gasteiger partial charge in [-0.05, 0) is 18.9 Å². The lowest BCUT2D eigenvalue weighted by atomic mass is 10.2. The van der Waals surface area contributed by atoms with Gasteiger partial charge in [-0.15, -0.1) is 0 Å². The summed E-state index contributed by atoms with van der Waals surface area (Å²) < 4.78 is 0. The molecule has 1 atom stereocenters. The maximum Gasteiger partial charge on any atom is 0.228 e. The Bertz CT molecular complexity index is 256. The van der Waals surface area contributed by atoms with Crippen molar-refractivity contribution in [2.24, 2.45) is 10.9 Å². The van der Waals surface area contributed by atoms with Gasteiger partial charge in [-0.25, -0.2) is 0 Å². The highest BCUT2D eigenvalue weighted by Gasteiger charge is 2.28. The Labute approximate surface area is 79.1 Å². The topological polar surface area (TPSA) is 32.7 Å². The van der Waals surface area contributed by atoms with Crippen molar-refractivity contribution in [1.29, 1.82) is 0 Å². The average molecular weight is 180 g/mol. The van der Waals surface area contributed by atoms with E-state index in [1.807, 2.05) is 19.1 Å². The predicted octanol–water partition coefficient (Wildman–Crippen LogP) is 1.46. The Kier molecular flexibility index (Phi) is 3.23. The van der Waals surface area contributed by atoms with Crippen molar-refractivity contribution in [3.8, 4) is 0 Å². The molecule has 0 spiro atoms. The molecule has 72 valence electrons. The SMILES string of the molecule is C/C=C\C(=NC)N1CC(C)CC1=O. The molecular weight excluding hydrogens is 164 g/mol. The predicted molar refractivity (Wildman–Crippen MR) is 53.7 cm³/mol. The van der Waals surface area contributed by atoms with Gasteiger partial charge in [-0.3, -0.25) is 14.7 Å². The van der Waals surface area contributed by atoms with Crippen LogP contribution in [-0.4, -0.2) is 30.2 Å². The Balaban J connectivity index is 2.76. The number of nitrogens with zero attached hydrogens (tertiary/aromatic N) is 2. The largest absolute Gasteiger partial charge is 0.297 e. The van der Waals surface area contributed by atoms with Crippen LogP contribution in [0.25, 0.3) is 0 Å². The van der Waals surface area contributed by atoms with Gasteiger partial charge < -0.3 is 0 Å². The van der Waals surface area contributed by atoms with Crippen LogP contribution in [0.15, 0.2) is 17.1 Å². The lowest BCUT2D eigenvalue weighted by Crippen LogP contribution is -2.30. The van der Waals surface area contributed by atoms with E-state index in [0.717, 1.165) is 12.4 Å². The second-order valence-corrected chi connectivity index (χ2v) is 3.40. The Morgan fingerprint density at radius 3 is 2.77 bits per heavy atom. The van der Waals surface area contributed by atoms with Crippen LogP contribution >= 0.6 is 0 Å². The maximum atomic E-state index is 11.5. The average Bonchev–Trinajstić information content (AvgIpc) is 2.41. The van der Waals surface area contributed by atoms with E-state index in [9.17, 15) is 4.79 Å². The third kappa shape index (κ3) is 2.17. The van der Waals surface area contributed by atoms with Crippen LogP contribution in [0.4, 0.5) is 0 Å². The first-order valence-electron chi connectivity index (χ1n) is 4.59. The van der Waals surface area contributed by atoms with Gasteiger partial charge in [-0.1, -0.05) is 13.0 Å². The van der Waals surface area contributed by atoms with Gasteiger partial charge in [0, 0.05) is 20.0 Å². The van der Waals surface area contributed by atoms with Crippen molar-refractivity contribution in [1.82, 2.24) is 4.90 Å². The second kappa shape index (κ2) is 4.21. The summed E-state index contributed by atoms with van der Waals surface area (Å²) in [6, 6.07) is 0. The number of aliphatic imine (C=N–C) groups is 1. The minimum absolute atomic E-state index is 0.186. The number of carbonyl (C=O) groups excluding carboxylic acids is 1. The molecule has 0 radical (unpaired) electrons. The summed E-state index contributed by atoms with van der Waals surface area (Å²) in [6.07, 6.45) is 4.42. The highest BCUT2D eigenvalue weighted by atomic mass is 16.2. The highest BCUT2D eigenvalue weighted by Crippen LogP contribution is 2.17. The molecule has 3 heteroatoms. The first kappa shape index (κ1) is 9.96. The Morgan fingerprint density at radius 1 is 1.69 bits per heavy atom. The molecule has 3 nitrogen and oxygen atoms in total. The van der Waals surface area contributed by atoms with Gasteiger partial charge in [0.15, 0.2) is 0 Å². The number of rotatable bonds is 1. The molecule has 13 heavy (non-hydrogen) atoms. The minimum Gasteiger partial charge on any atom is -0.297 e. The molecule has 0 aromatic heterocycles. The first-order valence-corrected chi connectivity index (χ1v) is 4.59. The Hall–Kier alpha value is -1.12. The minimum atomic E-state index is 0.186. The molecule has 0 bridgehead atoms. The van der Waals surface area contributed by atoms with Crippen molar-refractivity contribution in [3.63, 3.8) is 0 Å². The number of amidine groups is 1. The molecule has 1 aliphatic rings. The Morgan fingerprint density at radius 2 is 2.38 bits per heavy atom. The van der Waals surface area contributed by atoms with Crippen molar-refractivity contribution >= 4 is 11.7 Å². The summed E-state index contributed by atoms with van der Waals surface area (Å²) >= 11 is 0. The van der Waals surface area contributed by atoms with E-state index in [2.05, 4.69) is 11.9 Å². The second-order valence-electron chi connectivity index (χ2n) is 3.40. The van der Waals surface area contributed by atoms with E-state index >= 15 is 0 Å². The molecule has 0 saturated carbocycles. The quantitative estimate of drug-likeness (QED) is 0.444. The van der Waals surface area contributed by atoms with Crippen molar-refractivity contribution in [2.45, 2.75) is 20.3 Å². The molecule has 0 aliphatic carbocycles. The summed E-state index contributed by atoms with van der Waals surface area (Å²) in [5.41, 5.74) is 0. The van der Waals surface area contributed by atoms with Crippen LogP contribution in [0.2, 0.25) is 0 Å². The van der Waals surface area contributed by atoms with Crippen LogP contribution in [0, 0.1) is 5.92 Å². The van der Waals surface area contributed by atoms with E-state index in [4.69, 9.17) is 0 Å². The van der Waals surface area contributed by atoms with Crippen molar-refractivity contribution in [3.05, 3.63) is 12.2 Å². The summed E-state index contributed by atoms with van der Waals surface area (Å²) in [5.74, 6) is 1.41. The number of carbonyl (C=O) groups is 1. The van der Waals surface area contributed by atoms with Gasteiger partial charge in [0.2, 0.25) is 5.91 Å². The van der Waals surface area contributed by atoms with Crippen LogP contribution in [0.1, 0.15) is 20.3 Å². The zero-order valence-electron chi connectivity index (χ0n) is 8.45.